The molecule has 0 heterocycles. The lowest BCUT2D eigenvalue weighted by Crippen LogP contribution is -2.33. The molecule has 1 N–H and O–H groups in total. The summed E-state index contributed by atoms with van der Waals surface area (Å²) in [7, 11) is 2.16. The Morgan fingerprint density at radius 2 is 1.76 bits per heavy atom. The first-order chi connectivity index (χ1) is 10.1. The summed E-state index contributed by atoms with van der Waals surface area (Å²) in [5.74, 6) is 0. The van der Waals surface area contributed by atoms with Crippen LogP contribution in [-0.4, -0.2) is 20.1 Å². The van der Waals surface area contributed by atoms with Gasteiger partial charge in [0.15, 0.2) is 0 Å². The zero-order valence-corrected chi connectivity index (χ0v) is 13.6. The first-order valence-electron chi connectivity index (χ1n) is 7.68. The Kier molecular flexibility index (Phi) is 5.40. The summed E-state index contributed by atoms with van der Waals surface area (Å²) in [6.45, 7) is 8.45. The summed E-state index contributed by atoms with van der Waals surface area (Å²) in [6, 6.07) is 17.6. The van der Waals surface area contributed by atoms with Gasteiger partial charge >= 0.3 is 0 Å². The third kappa shape index (κ3) is 4.08. The molecule has 2 heteroatoms. The Bertz CT molecular complexity index is 563. The number of nitrogens with one attached hydrogen (secondary N) is 1. The molecule has 0 radical (unpaired) electrons. The number of aryl methyl sites for hydroxylation is 2. The van der Waals surface area contributed by atoms with Crippen LogP contribution in [0.4, 0.5) is 5.69 Å². The molecule has 21 heavy (non-hydrogen) atoms. The van der Waals surface area contributed by atoms with E-state index in [1.165, 1.54) is 22.4 Å². The molecule has 112 valence electrons. The number of rotatable bonds is 6. The second-order valence-electron chi connectivity index (χ2n) is 5.69. The van der Waals surface area contributed by atoms with Crippen LogP contribution < -0.4 is 10.2 Å². The molecular weight excluding hydrogens is 256 g/mol. The molecule has 1 atom stereocenters. The van der Waals surface area contributed by atoms with Gasteiger partial charge in [0, 0.05) is 19.3 Å². The summed E-state index contributed by atoms with van der Waals surface area (Å²) in [5.41, 5.74) is 5.33. The van der Waals surface area contributed by atoms with E-state index in [4.69, 9.17) is 0 Å². The average Bonchev–Trinajstić information content (AvgIpc) is 2.48. The summed E-state index contributed by atoms with van der Waals surface area (Å²) in [6.07, 6.45) is 0. The second kappa shape index (κ2) is 7.28. The molecule has 2 nitrogen and oxygen atoms in total. The molecule has 0 aliphatic heterocycles. The van der Waals surface area contributed by atoms with Crippen molar-refractivity contribution in [3.8, 4) is 0 Å². The van der Waals surface area contributed by atoms with Gasteiger partial charge in [-0.2, -0.15) is 0 Å². The van der Waals surface area contributed by atoms with Crippen molar-refractivity contribution in [2.45, 2.75) is 26.8 Å². The fourth-order valence-corrected chi connectivity index (χ4v) is 2.80. The lowest BCUT2D eigenvalue weighted by molar-refractivity contribution is 0.547. The molecule has 2 aromatic rings. The SMILES string of the molecule is CCNC(CN(C)c1ccccc1)c1ccc(C)cc1C. The molecule has 0 spiro atoms. The molecule has 0 saturated heterocycles. The summed E-state index contributed by atoms with van der Waals surface area (Å²) in [5, 5.41) is 3.62. The molecular formula is C19H26N2. The van der Waals surface area contributed by atoms with E-state index in [1.807, 2.05) is 0 Å². The highest BCUT2D eigenvalue weighted by atomic mass is 15.1. The Hall–Kier alpha value is -1.80. The van der Waals surface area contributed by atoms with Gasteiger partial charge in [0.05, 0.1) is 6.04 Å². The van der Waals surface area contributed by atoms with Gasteiger partial charge in [0.2, 0.25) is 0 Å². The van der Waals surface area contributed by atoms with Crippen molar-refractivity contribution in [3.63, 3.8) is 0 Å². The van der Waals surface area contributed by atoms with Gasteiger partial charge in [-0.25, -0.2) is 0 Å². The van der Waals surface area contributed by atoms with Crippen LogP contribution in [0.15, 0.2) is 48.5 Å². The normalized spacial score (nSPS) is 12.2. The zero-order valence-electron chi connectivity index (χ0n) is 13.6. The number of hydrogen-bond acceptors (Lipinski definition) is 2. The molecule has 1 unspecified atom stereocenters. The number of benzene rings is 2. The summed E-state index contributed by atoms with van der Waals surface area (Å²) >= 11 is 0. The Morgan fingerprint density at radius 1 is 1.05 bits per heavy atom. The van der Waals surface area contributed by atoms with Gasteiger partial charge in [-0.15, -0.1) is 0 Å². The van der Waals surface area contributed by atoms with Gasteiger partial charge in [-0.1, -0.05) is 48.9 Å². The van der Waals surface area contributed by atoms with Gasteiger partial charge in [0.25, 0.3) is 0 Å². The quantitative estimate of drug-likeness (QED) is 0.858. The first kappa shape index (κ1) is 15.6. The Labute approximate surface area is 128 Å². The van der Waals surface area contributed by atoms with Crippen molar-refractivity contribution in [3.05, 3.63) is 65.2 Å². The topological polar surface area (TPSA) is 15.3 Å². The van der Waals surface area contributed by atoms with E-state index in [0.29, 0.717) is 6.04 Å². The summed E-state index contributed by atoms with van der Waals surface area (Å²) < 4.78 is 0. The summed E-state index contributed by atoms with van der Waals surface area (Å²) in [4.78, 5) is 2.31. The van der Waals surface area contributed by atoms with Crippen LogP contribution in [0.5, 0.6) is 0 Å². The van der Waals surface area contributed by atoms with Gasteiger partial charge in [-0.05, 0) is 43.7 Å². The standard InChI is InChI=1S/C19H26N2/c1-5-20-19(18-12-11-15(2)13-16(18)3)14-21(4)17-9-7-6-8-10-17/h6-13,19-20H,5,14H2,1-4H3. The van der Waals surface area contributed by atoms with Crippen molar-refractivity contribution in [1.82, 2.24) is 5.32 Å². The molecule has 0 fully saturated rings. The molecule has 0 bridgehead atoms. The lowest BCUT2D eigenvalue weighted by atomic mass is 9.98. The maximum atomic E-state index is 3.62. The maximum Gasteiger partial charge on any atom is 0.0500 e. The molecule has 0 aliphatic rings. The van der Waals surface area contributed by atoms with E-state index < -0.39 is 0 Å². The molecule has 0 aliphatic carbocycles. The minimum absolute atomic E-state index is 0.348. The zero-order chi connectivity index (χ0) is 15.2. The predicted octanol–water partition coefficient (Wildman–Crippen LogP) is 4.09. The largest absolute Gasteiger partial charge is 0.373 e. The molecule has 2 rings (SSSR count). The van der Waals surface area contributed by atoms with E-state index >= 15 is 0 Å². The van der Waals surface area contributed by atoms with Crippen LogP contribution in [0.1, 0.15) is 29.7 Å². The van der Waals surface area contributed by atoms with Crippen molar-refractivity contribution in [1.29, 1.82) is 0 Å². The number of hydrogen-bond donors (Lipinski definition) is 1. The highest BCUT2D eigenvalue weighted by Crippen LogP contribution is 2.22. The lowest BCUT2D eigenvalue weighted by Gasteiger charge is -2.28. The molecule has 0 aromatic heterocycles. The van der Waals surface area contributed by atoms with Crippen LogP contribution in [0, 0.1) is 13.8 Å². The number of anilines is 1. The van der Waals surface area contributed by atoms with Crippen LogP contribution in [-0.2, 0) is 0 Å². The second-order valence-corrected chi connectivity index (χ2v) is 5.69. The van der Waals surface area contributed by atoms with E-state index in [9.17, 15) is 0 Å². The van der Waals surface area contributed by atoms with E-state index in [1.54, 1.807) is 0 Å². The third-order valence-corrected chi connectivity index (χ3v) is 3.90. The molecule has 2 aromatic carbocycles. The molecule has 0 saturated carbocycles. The number of para-hydroxylation sites is 1. The average molecular weight is 282 g/mol. The van der Waals surface area contributed by atoms with Crippen LogP contribution in [0.3, 0.4) is 0 Å². The fraction of sp³-hybridized carbons (Fsp3) is 0.368. The molecule has 0 amide bonds. The van der Waals surface area contributed by atoms with Crippen molar-refractivity contribution in [2.24, 2.45) is 0 Å². The highest BCUT2D eigenvalue weighted by Gasteiger charge is 2.15. The first-order valence-corrected chi connectivity index (χ1v) is 7.68. The predicted molar refractivity (Wildman–Crippen MR) is 92.0 cm³/mol. The minimum atomic E-state index is 0.348. The van der Waals surface area contributed by atoms with Crippen LogP contribution in [0.2, 0.25) is 0 Å². The van der Waals surface area contributed by atoms with E-state index in [-0.39, 0.29) is 0 Å². The third-order valence-electron chi connectivity index (χ3n) is 3.90. The Balaban J connectivity index is 2.19. The minimum Gasteiger partial charge on any atom is -0.373 e. The van der Waals surface area contributed by atoms with E-state index in [0.717, 1.165) is 13.1 Å². The fourth-order valence-electron chi connectivity index (χ4n) is 2.80. The van der Waals surface area contributed by atoms with Crippen molar-refractivity contribution >= 4 is 5.69 Å². The van der Waals surface area contributed by atoms with Gasteiger partial charge in [-0.3, -0.25) is 0 Å². The smallest absolute Gasteiger partial charge is 0.0500 e. The number of likely N-dealkylation sites (N-methyl/N-ethyl adjacent to an activating group) is 2. The number of nitrogens with zero attached hydrogens (tertiary/aromatic N) is 1. The van der Waals surface area contributed by atoms with Crippen LogP contribution >= 0.6 is 0 Å². The van der Waals surface area contributed by atoms with Crippen LogP contribution in [0.25, 0.3) is 0 Å². The van der Waals surface area contributed by atoms with Gasteiger partial charge in [0.1, 0.15) is 0 Å². The monoisotopic (exact) mass is 282 g/mol. The highest BCUT2D eigenvalue weighted by molar-refractivity contribution is 5.46. The maximum absolute atomic E-state index is 3.62. The Morgan fingerprint density at radius 3 is 2.38 bits per heavy atom. The van der Waals surface area contributed by atoms with Crippen molar-refractivity contribution in [2.75, 3.05) is 25.0 Å². The van der Waals surface area contributed by atoms with E-state index in [2.05, 4.69) is 86.6 Å². The van der Waals surface area contributed by atoms with Gasteiger partial charge < -0.3 is 10.2 Å². The van der Waals surface area contributed by atoms with Crippen molar-refractivity contribution < 1.29 is 0 Å².